The Balaban J connectivity index is 1.83. The van der Waals surface area contributed by atoms with Gasteiger partial charge in [0.15, 0.2) is 0 Å². The minimum Gasteiger partial charge on any atom is -0.465 e. The van der Waals surface area contributed by atoms with Gasteiger partial charge >= 0.3 is 6.09 Å². The molecule has 6 heteroatoms. The minimum absolute atomic E-state index is 0.00664. The number of rotatable bonds is 2. The van der Waals surface area contributed by atoms with Crippen molar-refractivity contribution in [3.63, 3.8) is 0 Å². The number of hydrogen-bond acceptors (Lipinski definition) is 3. The summed E-state index contributed by atoms with van der Waals surface area (Å²) in [4.78, 5) is 23.3. The molecule has 3 N–H and O–H groups in total. The third kappa shape index (κ3) is 2.44. The average molecular weight is 228 g/mol. The first-order valence-electron chi connectivity index (χ1n) is 5.54. The molecule has 16 heavy (non-hydrogen) atoms. The summed E-state index contributed by atoms with van der Waals surface area (Å²) in [6.45, 7) is 0.437. The van der Waals surface area contributed by atoms with E-state index in [0.29, 0.717) is 13.0 Å². The van der Waals surface area contributed by atoms with E-state index >= 15 is 0 Å². The molecule has 90 valence electrons. The van der Waals surface area contributed by atoms with Gasteiger partial charge in [0.1, 0.15) is 0 Å². The fourth-order valence-electron chi connectivity index (χ4n) is 1.92. The molecule has 0 spiro atoms. The summed E-state index contributed by atoms with van der Waals surface area (Å²) >= 11 is 0. The largest absolute Gasteiger partial charge is 0.465 e. The van der Waals surface area contributed by atoms with E-state index in [1.54, 1.807) is 0 Å². The lowest BCUT2D eigenvalue weighted by Crippen LogP contribution is -2.55. The Morgan fingerprint density at radius 3 is 2.44 bits per heavy atom. The monoisotopic (exact) mass is 228 g/mol. The molecule has 2 fully saturated rings. The molecule has 1 saturated heterocycles. The Labute approximate surface area is 93.2 Å². The third-order valence-corrected chi connectivity index (χ3v) is 3.13. The van der Waals surface area contributed by atoms with Gasteiger partial charge in [0.05, 0.1) is 18.7 Å². The van der Waals surface area contributed by atoms with Crippen molar-refractivity contribution in [2.45, 2.75) is 31.4 Å². The van der Waals surface area contributed by atoms with Crippen molar-refractivity contribution in [1.82, 2.24) is 10.2 Å². The van der Waals surface area contributed by atoms with Crippen LogP contribution in [0.5, 0.6) is 0 Å². The molecule has 2 amide bonds. The number of carboxylic acid groups (broad SMARTS) is 1. The molecule has 1 aliphatic heterocycles. The molecule has 2 atom stereocenters. The molecule has 1 heterocycles. The second kappa shape index (κ2) is 4.29. The summed E-state index contributed by atoms with van der Waals surface area (Å²) < 4.78 is 0. The lowest BCUT2D eigenvalue weighted by Gasteiger charge is -2.34. The topological polar surface area (TPSA) is 89.9 Å². The number of aliphatic hydroxyl groups excluding tert-OH is 1. The van der Waals surface area contributed by atoms with Crippen LogP contribution in [0.3, 0.4) is 0 Å². The Bertz CT molecular complexity index is 303. The molecule has 2 aliphatic rings. The van der Waals surface area contributed by atoms with E-state index in [1.165, 1.54) is 4.90 Å². The van der Waals surface area contributed by atoms with Gasteiger partial charge in [0.2, 0.25) is 5.91 Å². The summed E-state index contributed by atoms with van der Waals surface area (Å²) in [5, 5.41) is 21.3. The highest BCUT2D eigenvalue weighted by Gasteiger charge is 2.35. The van der Waals surface area contributed by atoms with E-state index in [2.05, 4.69) is 5.32 Å². The van der Waals surface area contributed by atoms with Gasteiger partial charge in [-0.3, -0.25) is 4.79 Å². The molecule has 0 radical (unpaired) electrons. The Morgan fingerprint density at radius 1 is 1.25 bits per heavy atom. The number of nitrogens with zero attached hydrogens (tertiary/aromatic N) is 1. The first-order chi connectivity index (χ1) is 7.58. The molecule has 2 unspecified atom stereocenters. The Morgan fingerprint density at radius 2 is 1.94 bits per heavy atom. The number of carbonyl (C=O) groups excluding carboxylic acids is 1. The van der Waals surface area contributed by atoms with Crippen LogP contribution in [-0.2, 0) is 4.79 Å². The highest BCUT2D eigenvalue weighted by Crippen LogP contribution is 2.29. The fourth-order valence-corrected chi connectivity index (χ4v) is 1.92. The van der Waals surface area contributed by atoms with Crippen LogP contribution in [-0.4, -0.2) is 52.3 Å². The number of piperidine rings is 1. The van der Waals surface area contributed by atoms with Gasteiger partial charge in [0.25, 0.3) is 0 Å². The average Bonchev–Trinajstić information content (AvgIpc) is 3.03. The van der Waals surface area contributed by atoms with Crippen LogP contribution < -0.4 is 5.32 Å². The number of nitrogens with one attached hydrogen (secondary N) is 1. The fraction of sp³-hybridized carbons (Fsp3) is 0.800. The summed E-state index contributed by atoms with van der Waals surface area (Å²) in [6, 6.07) is -0.302. The molecule has 0 aromatic rings. The molecule has 1 saturated carbocycles. The van der Waals surface area contributed by atoms with Crippen molar-refractivity contribution in [3.8, 4) is 0 Å². The maximum absolute atomic E-state index is 11.5. The maximum atomic E-state index is 11.5. The van der Waals surface area contributed by atoms with Crippen molar-refractivity contribution >= 4 is 12.0 Å². The number of carbonyl (C=O) groups is 2. The van der Waals surface area contributed by atoms with E-state index in [9.17, 15) is 14.7 Å². The predicted molar refractivity (Wildman–Crippen MR) is 54.9 cm³/mol. The van der Waals surface area contributed by atoms with Gasteiger partial charge in [-0.2, -0.15) is 0 Å². The van der Waals surface area contributed by atoms with Gasteiger partial charge in [-0.25, -0.2) is 4.79 Å². The quantitative estimate of drug-likeness (QED) is 0.601. The zero-order valence-electron chi connectivity index (χ0n) is 8.93. The SMILES string of the molecule is O=C(NC1CCN(C(=O)O)CC1O)C1CC1. The van der Waals surface area contributed by atoms with Crippen LogP contribution in [0, 0.1) is 5.92 Å². The van der Waals surface area contributed by atoms with E-state index in [-0.39, 0.29) is 24.4 Å². The highest BCUT2D eigenvalue weighted by atomic mass is 16.4. The van der Waals surface area contributed by atoms with Crippen LogP contribution in [0.25, 0.3) is 0 Å². The molecule has 1 aliphatic carbocycles. The van der Waals surface area contributed by atoms with Crippen molar-refractivity contribution in [1.29, 1.82) is 0 Å². The van der Waals surface area contributed by atoms with E-state index < -0.39 is 12.2 Å². The van der Waals surface area contributed by atoms with Gasteiger partial charge in [-0.05, 0) is 19.3 Å². The Hall–Kier alpha value is -1.30. The lowest BCUT2D eigenvalue weighted by molar-refractivity contribution is -0.124. The normalized spacial score (nSPS) is 29.9. The number of amides is 2. The molecular formula is C10H16N2O4. The standard InChI is InChI=1S/C10H16N2O4/c13-8-5-12(10(15)16)4-3-7(8)11-9(14)6-1-2-6/h6-8,13H,1-5H2,(H,11,14)(H,15,16). The summed E-state index contributed by atoms with van der Waals surface area (Å²) in [5.41, 5.74) is 0. The summed E-state index contributed by atoms with van der Waals surface area (Å²) in [5.74, 6) is 0.109. The molecule has 0 bridgehead atoms. The molecule has 0 aromatic heterocycles. The first-order valence-corrected chi connectivity index (χ1v) is 5.54. The van der Waals surface area contributed by atoms with Gasteiger partial charge in [-0.15, -0.1) is 0 Å². The van der Waals surface area contributed by atoms with Crippen LogP contribution >= 0.6 is 0 Å². The zero-order valence-corrected chi connectivity index (χ0v) is 8.93. The smallest absolute Gasteiger partial charge is 0.407 e. The summed E-state index contributed by atoms with van der Waals surface area (Å²) in [7, 11) is 0. The molecule has 6 nitrogen and oxygen atoms in total. The highest BCUT2D eigenvalue weighted by molar-refractivity contribution is 5.81. The second-order valence-corrected chi connectivity index (χ2v) is 4.47. The number of hydrogen-bond donors (Lipinski definition) is 3. The van der Waals surface area contributed by atoms with Gasteiger partial charge in [-0.1, -0.05) is 0 Å². The summed E-state index contributed by atoms with van der Waals surface area (Å²) in [6.07, 6.45) is 0.510. The van der Waals surface area contributed by atoms with Crippen molar-refractivity contribution in [2.75, 3.05) is 13.1 Å². The van der Waals surface area contributed by atoms with Crippen molar-refractivity contribution in [3.05, 3.63) is 0 Å². The lowest BCUT2D eigenvalue weighted by atomic mass is 10.0. The molecule has 0 aromatic carbocycles. The number of likely N-dealkylation sites (tertiary alicyclic amines) is 1. The van der Waals surface area contributed by atoms with E-state index in [1.807, 2.05) is 0 Å². The molecule has 2 rings (SSSR count). The van der Waals surface area contributed by atoms with Gasteiger partial charge < -0.3 is 20.4 Å². The third-order valence-electron chi connectivity index (χ3n) is 3.13. The van der Waals surface area contributed by atoms with Crippen LogP contribution in [0.1, 0.15) is 19.3 Å². The first kappa shape index (κ1) is 11.2. The Kier molecular flexibility index (Phi) is 3.00. The van der Waals surface area contributed by atoms with Crippen LogP contribution in [0.4, 0.5) is 4.79 Å². The van der Waals surface area contributed by atoms with E-state index in [0.717, 1.165) is 12.8 Å². The van der Waals surface area contributed by atoms with E-state index in [4.69, 9.17) is 5.11 Å². The van der Waals surface area contributed by atoms with Gasteiger partial charge in [0, 0.05) is 12.5 Å². The van der Waals surface area contributed by atoms with Crippen molar-refractivity contribution in [2.24, 2.45) is 5.92 Å². The minimum atomic E-state index is -1.02. The second-order valence-electron chi connectivity index (χ2n) is 4.47. The number of aliphatic hydroxyl groups is 1. The predicted octanol–water partition coefficient (Wildman–Crippen LogP) is -0.374. The molecular weight excluding hydrogens is 212 g/mol. The zero-order chi connectivity index (χ0) is 11.7. The van der Waals surface area contributed by atoms with Crippen molar-refractivity contribution < 1.29 is 19.8 Å². The maximum Gasteiger partial charge on any atom is 0.407 e. The van der Waals surface area contributed by atoms with Crippen LogP contribution in [0.2, 0.25) is 0 Å². The van der Waals surface area contributed by atoms with Crippen LogP contribution in [0.15, 0.2) is 0 Å². The number of β-amino-alcohol motifs (C(OH)–C–C–N with tert-alkyl or cyclic N) is 1.